The summed E-state index contributed by atoms with van der Waals surface area (Å²) >= 11 is 6.07. The monoisotopic (exact) mass is 370 g/mol. The van der Waals surface area contributed by atoms with Crippen LogP contribution >= 0.6 is 11.6 Å². The molecule has 3 aliphatic rings. The van der Waals surface area contributed by atoms with Crippen LogP contribution in [0.3, 0.4) is 0 Å². The number of nitrogens with zero attached hydrogens (tertiary/aromatic N) is 2. The molecular weight excluding hydrogens is 348 g/mol. The second kappa shape index (κ2) is 6.25. The number of likely N-dealkylation sites (tertiary alicyclic amines) is 1. The number of hydrogen-bond donors (Lipinski definition) is 0. The minimum absolute atomic E-state index is 0.187. The van der Waals surface area contributed by atoms with Crippen molar-refractivity contribution < 1.29 is 13.2 Å². The Morgan fingerprint density at radius 1 is 1.12 bits per heavy atom. The first kappa shape index (κ1) is 16.8. The molecule has 3 fully saturated rings. The lowest BCUT2D eigenvalue weighted by Gasteiger charge is -2.46. The SMILES string of the molecule is O=S(=O)(c1ccccc1Cl)N1CC2(CC(N3CCCCC3)CO2)C1. The summed E-state index contributed by atoms with van der Waals surface area (Å²) in [7, 11) is -3.53. The van der Waals surface area contributed by atoms with Gasteiger partial charge in [0.15, 0.2) is 0 Å². The van der Waals surface area contributed by atoms with E-state index in [1.165, 1.54) is 23.6 Å². The van der Waals surface area contributed by atoms with Crippen LogP contribution < -0.4 is 0 Å². The Labute approximate surface area is 148 Å². The molecule has 5 nitrogen and oxygen atoms in total. The van der Waals surface area contributed by atoms with Crippen molar-refractivity contribution in [2.45, 2.75) is 42.2 Å². The van der Waals surface area contributed by atoms with Gasteiger partial charge in [0.2, 0.25) is 10.0 Å². The van der Waals surface area contributed by atoms with Gasteiger partial charge in [-0.1, -0.05) is 30.2 Å². The molecule has 132 valence electrons. The lowest BCUT2D eigenvalue weighted by atomic mass is 9.91. The molecule has 3 saturated heterocycles. The molecule has 1 aromatic carbocycles. The van der Waals surface area contributed by atoms with Gasteiger partial charge in [0, 0.05) is 19.1 Å². The number of hydrogen-bond acceptors (Lipinski definition) is 4. The van der Waals surface area contributed by atoms with Crippen molar-refractivity contribution in [1.82, 2.24) is 9.21 Å². The van der Waals surface area contributed by atoms with Crippen LogP contribution in [-0.4, -0.2) is 62.1 Å². The maximum atomic E-state index is 12.7. The largest absolute Gasteiger partial charge is 0.371 e. The number of halogens is 1. The van der Waals surface area contributed by atoms with Crippen LogP contribution in [0, 0.1) is 0 Å². The molecule has 0 aliphatic carbocycles. The fraction of sp³-hybridized carbons (Fsp3) is 0.647. The molecule has 4 rings (SSSR count). The maximum absolute atomic E-state index is 12.7. The highest BCUT2D eigenvalue weighted by atomic mass is 35.5. The molecule has 3 aliphatic heterocycles. The second-order valence-corrected chi connectivity index (χ2v) is 9.47. The van der Waals surface area contributed by atoms with Crippen LogP contribution in [0.25, 0.3) is 0 Å². The minimum atomic E-state index is -3.53. The Morgan fingerprint density at radius 3 is 2.54 bits per heavy atom. The predicted molar refractivity (Wildman–Crippen MR) is 92.7 cm³/mol. The van der Waals surface area contributed by atoms with Crippen LogP contribution in [-0.2, 0) is 14.8 Å². The van der Waals surface area contributed by atoms with Gasteiger partial charge in [0.1, 0.15) is 4.90 Å². The number of benzene rings is 1. The van der Waals surface area contributed by atoms with Crippen LogP contribution in [0.15, 0.2) is 29.2 Å². The lowest BCUT2D eigenvalue weighted by molar-refractivity contribution is -0.0774. The molecule has 7 heteroatoms. The van der Waals surface area contributed by atoms with Gasteiger partial charge in [-0.15, -0.1) is 0 Å². The molecule has 1 unspecified atom stereocenters. The van der Waals surface area contributed by atoms with Crippen molar-refractivity contribution in [2.75, 3.05) is 32.8 Å². The highest BCUT2D eigenvalue weighted by Crippen LogP contribution is 2.40. The summed E-state index contributed by atoms with van der Waals surface area (Å²) in [5, 5.41) is 0.275. The van der Waals surface area contributed by atoms with Crippen LogP contribution in [0.4, 0.5) is 0 Å². The van der Waals surface area contributed by atoms with Gasteiger partial charge in [-0.05, 0) is 44.5 Å². The lowest BCUT2D eigenvalue weighted by Crippen LogP contribution is -2.63. The standard InChI is InChI=1S/C17H23ClN2O3S/c18-15-6-2-3-7-16(15)24(21,22)20-12-17(13-20)10-14(11-23-17)19-8-4-1-5-9-19/h2-3,6-7,14H,1,4-5,8-13H2. The third kappa shape index (κ3) is 2.88. The molecule has 1 spiro atoms. The molecule has 0 aromatic heterocycles. The number of piperidine rings is 1. The van der Waals surface area contributed by atoms with Crippen LogP contribution in [0.1, 0.15) is 25.7 Å². The molecule has 0 saturated carbocycles. The van der Waals surface area contributed by atoms with Crippen molar-refractivity contribution in [2.24, 2.45) is 0 Å². The van der Waals surface area contributed by atoms with Gasteiger partial charge in [0.25, 0.3) is 0 Å². The van der Waals surface area contributed by atoms with Gasteiger partial charge >= 0.3 is 0 Å². The van der Waals surface area contributed by atoms with E-state index in [0.717, 1.165) is 26.1 Å². The summed E-state index contributed by atoms with van der Waals surface area (Å²) in [6.07, 6.45) is 4.77. The first-order valence-corrected chi connectivity index (χ1v) is 10.4. The molecule has 0 radical (unpaired) electrons. The summed E-state index contributed by atoms with van der Waals surface area (Å²) in [5.74, 6) is 0. The van der Waals surface area contributed by atoms with Crippen molar-refractivity contribution in [3.63, 3.8) is 0 Å². The predicted octanol–water partition coefficient (Wildman–Crippen LogP) is 2.36. The van der Waals surface area contributed by atoms with E-state index < -0.39 is 10.0 Å². The number of ether oxygens (including phenoxy) is 1. The first-order chi connectivity index (χ1) is 11.5. The average Bonchev–Trinajstić information content (AvgIpc) is 3.00. The normalized spacial score (nSPS) is 28.1. The molecule has 0 amide bonds. The molecule has 0 bridgehead atoms. The zero-order valence-electron chi connectivity index (χ0n) is 13.7. The second-order valence-electron chi connectivity index (χ2n) is 7.15. The van der Waals surface area contributed by atoms with E-state index in [0.29, 0.717) is 19.1 Å². The van der Waals surface area contributed by atoms with Crippen molar-refractivity contribution in [1.29, 1.82) is 0 Å². The first-order valence-electron chi connectivity index (χ1n) is 8.63. The van der Waals surface area contributed by atoms with E-state index in [2.05, 4.69) is 4.90 Å². The van der Waals surface area contributed by atoms with Gasteiger partial charge in [-0.2, -0.15) is 4.31 Å². The van der Waals surface area contributed by atoms with Gasteiger partial charge < -0.3 is 4.74 Å². The van der Waals surface area contributed by atoms with Crippen molar-refractivity contribution in [3.05, 3.63) is 29.3 Å². The van der Waals surface area contributed by atoms with Gasteiger partial charge in [-0.3, -0.25) is 4.90 Å². The van der Waals surface area contributed by atoms with Gasteiger partial charge in [0.05, 0.1) is 17.2 Å². The highest BCUT2D eigenvalue weighted by molar-refractivity contribution is 7.89. The van der Waals surface area contributed by atoms with Crippen molar-refractivity contribution >= 4 is 21.6 Å². The van der Waals surface area contributed by atoms with Gasteiger partial charge in [-0.25, -0.2) is 8.42 Å². The van der Waals surface area contributed by atoms with Crippen LogP contribution in [0.2, 0.25) is 5.02 Å². The summed E-state index contributed by atoms with van der Waals surface area (Å²) < 4.78 is 33.0. The topological polar surface area (TPSA) is 49.9 Å². The maximum Gasteiger partial charge on any atom is 0.244 e. The van der Waals surface area contributed by atoms with Crippen LogP contribution in [0.5, 0.6) is 0 Å². The van der Waals surface area contributed by atoms with Crippen molar-refractivity contribution in [3.8, 4) is 0 Å². The summed E-state index contributed by atoms with van der Waals surface area (Å²) in [5.41, 5.74) is -0.295. The Morgan fingerprint density at radius 2 is 1.83 bits per heavy atom. The fourth-order valence-corrected chi connectivity index (χ4v) is 6.20. The molecule has 3 heterocycles. The number of sulfonamides is 1. The fourth-order valence-electron chi connectivity index (χ4n) is 4.12. The van der Waals surface area contributed by atoms with E-state index >= 15 is 0 Å². The smallest absolute Gasteiger partial charge is 0.244 e. The van der Waals surface area contributed by atoms with E-state index in [1.54, 1.807) is 24.3 Å². The summed E-state index contributed by atoms with van der Waals surface area (Å²) in [4.78, 5) is 2.70. The summed E-state index contributed by atoms with van der Waals surface area (Å²) in [6, 6.07) is 7.06. The quantitative estimate of drug-likeness (QED) is 0.819. The Balaban J connectivity index is 1.42. The van der Waals surface area contributed by atoms with E-state index in [-0.39, 0.29) is 15.5 Å². The minimum Gasteiger partial charge on any atom is -0.371 e. The Kier molecular flexibility index (Phi) is 4.37. The number of rotatable bonds is 3. The molecule has 1 atom stereocenters. The molecule has 0 N–H and O–H groups in total. The Bertz CT molecular complexity index is 712. The zero-order valence-corrected chi connectivity index (χ0v) is 15.2. The van der Waals surface area contributed by atoms with E-state index in [4.69, 9.17) is 16.3 Å². The third-order valence-electron chi connectivity index (χ3n) is 5.48. The highest BCUT2D eigenvalue weighted by Gasteiger charge is 2.54. The van der Waals surface area contributed by atoms with E-state index in [1.807, 2.05) is 0 Å². The molecule has 1 aromatic rings. The molecule has 24 heavy (non-hydrogen) atoms. The zero-order chi connectivity index (χ0) is 16.8. The third-order valence-corrected chi connectivity index (χ3v) is 7.77. The average molecular weight is 371 g/mol. The van der Waals surface area contributed by atoms with E-state index in [9.17, 15) is 8.42 Å². The Hall–Kier alpha value is -0.660. The molecular formula is C17H23ClN2O3S. The summed E-state index contributed by atoms with van der Waals surface area (Å²) in [6.45, 7) is 3.88.